The number of carbonyl (C=O) groups is 1. The molecule has 2 heterocycles. The topological polar surface area (TPSA) is 67.2 Å². The van der Waals surface area contributed by atoms with E-state index in [1.807, 2.05) is 30.3 Å². The maximum atomic E-state index is 12.5. The Morgan fingerprint density at radius 3 is 2.54 bits per heavy atom. The highest BCUT2D eigenvalue weighted by molar-refractivity contribution is 5.81. The van der Waals surface area contributed by atoms with Crippen molar-refractivity contribution in [3.63, 3.8) is 0 Å². The first-order valence-corrected chi connectivity index (χ1v) is 9.71. The summed E-state index contributed by atoms with van der Waals surface area (Å²) in [5, 5.41) is 7.69. The molecular formula is C22H24N4O2. The average Bonchev–Trinajstić information content (AvgIpc) is 3.23. The summed E-state index contributed by atoms with van der Waals surface area (Å²) in [4.78, 5) is 26.9. The van der Waals surface area contributed by atoms with Gasteiger partial charge in [-0.25, -0.2) is 0 Å². The number of aromatic nitrogens is 2. The number of rotatable bonds is 6. The lowest BCUT2D eigenvalue weighted by atomic mass is 10.1. The van der Waals surface area contributed by atoms with Gasteiger partial charge in [0.25, 0.3) is 0 Å². The van der Waals surface area contributed by atoms with Crippen molar-refractivity contribution in [2.45, 2.75) is 32.5 Å². The van der Waals surface area contributed by atoms with Crippen molar-refractivity contribution in [2.75, 3.05) is 13.1 Å². The van der Waals surface area contributed by atoms with Crippen LogP contribution >= 0.6 is 0 Å². The van der Waals surface area contributed by atoms with Gasteiger partial charge in [-0.3, -0.25) is 19.2 Å². The maximum Gasteiger partial charge on any atom is 0.242 e. The minimum absolute atomic E-state index is 0.0785. The van der Waals surface area contributed by atoms with Crippen LogP contribution in [0.1, 0.15) is 24.0 Å². The summed E-state index contributed by atoms with van der Waals surface area (Å²) in [5.74, 6) is -0.128. The second kappa shape index (κ2) is 8.35. The minimum atomic E-state index is -0.136. The Balaban J connectivity index is 1.43. The summed E-state index contributed by atoms with van der Waals surface area (Å²) in [5.41, 5.74) is 2.93. The Bertz CT molecular complexity index is 1040. The minimum Gasteiger partial charge on any atom is -0.350 e. The molecule has 6 nitrogen and oxygen atoms in total. The quantitative estimate of drug-likeness (QED) is 0.717. The fraction of sp³-hybridized carbons (Fsp3) is 0.318. The summed E-state index contributed by atoms with van der Waals surface area (Å²) in [7, 11) is 0. The number of nitrogens with one attached hydrogen (secondary N) is 1. The summed E-state index contributed by atoms with van der Waals surface area (Å²) < 4.78 is 1.57. The monoisotopic (exact) mass is 376 g/mol. The van der Waals surface area contributed by atoms with Gasteiger partial charge in [0.2, 0.25) is 11.3 Å². The number of para-hydroxylation sites is 1. The van der Waals surface area contributed by atoms with Crippen molar-refractivity contribution >= 4 is 16.8 Å². The number of nitrogens with zero attached hydrogens (tertiary/aromatic N) is 3. The highest BCUT2D eigenvalue weighted by atomic mass is 16.2. The van der Waals surface area contributed by atoms with Gasteiger partial charge in [-0.15, -0.1) is 0 Å². The molecular weight excluding hydrogens is 352 g/mol. The van der Waals surface area contributed by atoms with E-state index in [4.69, 9.17) is 0 Å². The van der Waals surface area contributed by atoms with Crippen LogP contribution in [0.15, 0.2) is 59.5 Å². The summed E-state index contributed by atoms with van der Waals surface area (Å²) >= 11 is 0. The predicted octanol–water partition coefficient (Wildman–Crippen LogP) is 2.31. The molecule has 0 spiro atoms. The van der Waals surface area contributed by atoms with Gasteiger partial charge in [0.05, 0.1) is 11.7 Å². The molecule has 1 aromatic heterocycles. The van der Waals surface area contributed by atoms with E-state index in [1.165, 1.54) is 24.6 Å². The van der Waals surface area contributed by atoms with Crippen LogP contribution in [0.3, 0.4) is 0 Å². The van der Waals surface area contributed by atoms with Crippen molar-refractivity contribution in [1.29, 1.82) is 0 Å². The molecule has 0 saturated carbocycles. The number of carbonyl (C=O) groups excluding carboxylic acids is 1. The molecule has 144 valence electrons. The molecule has 0 aliphatic carbocycles. The molecule has 1 aliphatic heterocycles. The van der Waals surface area contributed by atoms with Gasteiger partial charge in [0.1, 0.15) is 6.54 Å². The summed E-state index contributed by atoms with van der Waals surface area (Å²) in [6, 6.07) is 15.5. The zero-order valence-electron chi connectivity index (χ0n) is 15.8. The number of benzene rings is 2. The number of likely N-dealkylation sites (tertiary alicyclic amines) is 1. The normalized spacial score (nSPS) is 14.4. The summed E-state index contributed by atoms with van der Waals surface area (Å²) in [6.45, 7) is 3.78. The van der Waals surface area contributed by atoms with Crippen molar-refractivity contribution in [3.05, 3.63) is 76.1 Å². The van der Waals surface area contributed by atoms with E-state index in [-0.39, 0.29) is 17.9 Å². The van der Waals surface area contributed by atoms with Gasteiger partial charge in [0.15, 0.2) is 0 Å². The molecule has 1 aliphatic rings. The lowest BCUT2D eigenvalue weighted by molar-refractivity contribution is -0.121. The Labute approximate surface area is 163 Å². The van der Waals surface area contributed by atoms with Crippen LogP contribution in [-0.2, 0) is 24.4 Å². The van der Waals surface area contributed by atoms with E-state index >= 15 is 0 Å². The van der Waals surface area contributed by atoms with E-state index in [0.29, 0.717) is 17.4 Å². The molecule has 1 amide bonds. The number of hydrogen-bond acceptors (Lipinski definition) is 4. The maximum absolute atomic E-state index is 12.5. The van der Waals surface area contributed by atoms with Crippen molar-refractivity contribution in [1.82, 2.24) is 20.0 Å². The molecule has 4 rings (SSSR count). The zero-order chi connectivity index (χ0) is 19.3. The van der Waals surface area contributed by atoms with Crippen LogP contribution in [0.25, 0.3) is 10.9 Å². The largest absolute Gasteiger partial charge is 0.350 e. The second-order valence-electron chi connectivity index (χ2n) is 7.21. The number of amides is 1. The van der Waals surface area contributed by atoms with Crippen LogP contribution in [0.5, 0.6) is 0 Å². The van der Waals surface area contributed by atoms with Crippen LogP contribution < -0.4 is 10.7 Å². The average molecular weight is 376 g/mol. The first-order valence-electron chi connectivity index (χ1n) is 9.71. The van der Waals surface area contributed by atoms with Crippen LogP contribution in [0, 0.1) is 0 Å². The van der Waals surface area contributed by atoms with E-state index in [9.17, 15) is 9.59 Å². The standard InChI is InChI=1S/C22H24N4O2/c27-21-14-24-26(20-10-4-3-9-19(20)21)16-22(28)23-13-17-7-1-2-8-18(17)15-25-11-5-6-12-25/h1-4,7-10,14H,5-6,11-13,15-16H2,(H,23,28). The second-order valence-corrected chi connectivity index (χ2v) is 7.21. The van der Waals surface area contributed by atoms with Gasteiger partial charge in [0, 0.05) is 18.5 Å². The first kappa shape index (κ1) is 18.4. The summed E-state index contributed by atoms with van der Waals surface area (Å²) in [6.07, 6.45) is 3.79. The van der Waals surface area contributed by atoms with Gasteiger partial charge in [-0.05, 0) is 49.2 Å². The molecule has 1 N–H and O–H groups in total. The molecule has 3 aromatic rings. The molecule has 0 unspecified atom stereocenters. The Morgan fingerprint density at radius 2 is 1.71 bits per heavy atom. The number of fused-ring (bicyclic) bond motifs is 1. The highest BCUT2D eigenvalue weighted by Gasteiger charge is 2.14. The van der Waals surface area contributed by atoms with Crippen molar-refractivity contribution in [2.24, 2.45) is 0 Å². The third-order valence-corrected chi connectivity index (χ3v) is 5.24. The third-order valence-electron chi connectivity index (χ3n) is 5.24. The van der Waals surface area contributed by atoms with Crippen LogP contribution in [0.2, 0.25) is 0 Å². The van der Waals surface area contributed by atoms with Crippen molar-refractivity contribution < 1.29 is 4.79 Å². The zero-order valence-corrected chi connectivity index (χ0v) is 15.8. The third kappa shape index (κ3) is 4.12. The molecule has 0 bridgehead atoms. The lowest BCUT2D eigenvalue weighted by Crippen LogP contribution is -2.29. The lowest BCUT2D eigenvalue weighted by Gasteiger charge is -2.18. The molecule has 28 heavy (non-hydrogen) atoms. The Hall–Kier alpha value is -2.99. The Morgan fingerprint density at radius 1 is 1.00 bits per heavy atom. The smallest absolute Gasteiger partial charge is 0.242 e. The van der Waals surface area contributed by atoms with E-state index in [2.05, 4.69) is 27.4 Å². The van der Waals surface area contributed by atoms with E-state index < -0.39 is 0 Å². The molecule has 0 radical (unpaired) electrons. The van der Waals surface area contributed by atoms with Gasteiger partial charge < -0.3 is 5.32 Å². The SMILES string of the molecule is O=C(Cn1ncc(=O)c2ccccc21)NCc1ccccc1CN1CCCC1. The molecule has 1 saturated heterocycles. The fourth-order valence-electron chi connectivity index (χ4n) is 3.74. The van der Waals surface area contributed by atoms with Gasteiger partial charge in [-0.2, -0.15) is 5.10 Å². The van der Waals surface area contributed by atoms with Crippen LogP contribution in [0.4, 0.5) is 0 Å². The highest BCUT2D eigenvalue weighted by Crippen LogP contribution is 2.16. The molecule has 0 atom stereocenters. The molecule has 1 fully saturated rings. The van der Waals surface area contributed by atoms with Crippen LogP contribution in [-0.4, -0.2) is 33.7 Å². The predicted molar refractivity (Wildman–Crippen MR) is 109 cm³/mol. The van der Waals surface area contributed by atoms with Gasteiger partial charge in [-0.1, -0.05) is 36.4 Å². The molecule has 6 heteroatoms. The Kier molecular flexibility index (Phi) is 5.48. The number of hydrogen-bond donors (Lipinski definition) is 1. The van der Waals surface area contributed by atoms with Gasteiger partial charge >= 0.3 is 0 Å². The van der Waals surface area contributed by atoms with Crippen molar-refractivity contribution in [3.8, 4) is 0 Å². The molecule has 2 aromatic carbocycles. The fourth-order valence-corrected chi connectivity index (χ4v) is 3.74. The van der Waals surface area contributed by atoms with E-state index in [0.717, 1.165) is 25.2 Å². The van der Waals surface area contributed by atoms with E-state index in [1.54, 1.807) is 10.7 Å². The first-order chi connectivity index (χ1) is 13.7.